The van der Waals surface area contributed by atoms with Gasteiger partial charge in [-0.05, 0) is 31.9 Å². The minimum absolute atomic E-state index is 0.185. The lowest BCUT2D eigenvalue weighted by Crippen LogP contribution is -2.29. The van der Waals surface area contributed by atoms with Crippen LogP contribution >= 0.6 is 11.8 Å². The average molecular weight is 346 g/mol. The van der Waals surface area contributed by atoms with Gasteiger partial charge >= 0.3 is 0 Å². The summed E-state index contributed by atoms with van der Waals surface area (Å²) in [7, 11) is 0. The highest BCUT2D eigenvalue weighted by Crippen LogP contribution is 2.20. The summed E-state index contributed by atoms with van der Waals surface area (Å²) in [4.78, 5) is 14.1. The fraction of sp³-hybridized carbons (Fsp3) is 0.471. The van der Waals surface area contributed by atoms with Crippen LogP contribution in [0.3, 0.4) is 0 Å². The lowest BCUT2D eigenvalue weighted by molar-refractivity contribution is -0.127. The Morgan fingerprint density at radius 1 is 1.21 bits per heavy atom. The first kappa shape index (κ1) is 16.8. The third-order valence-corrected chi connectivity index (χ3v) is 4.96. The number of ether oxygens (including phenoxy) is 1. The van der Waals surface area contributed by atoms with Gasteiger partial charge in [0.25, 0.3) is 0 Å². The van der Waals surface area contributed by atoms with Crippen molar-refractivity contribution in [1.82, 2.24) is 19.7 Å². The summed E-state index contributed by atoms with van der Waals surface area (Å²) in [6.07, 6.45) is 2.23. The SMILES string of the molecule is CCn1c(COc2ccccc2)nnc1SCC(=O)N1CCCC1. The second-order valence-electron chi connectivity index (χ2n) is 5.62. The predicted octanol–water partition coefficient (Wildman–Crippen LogP) is 2.59. The van der Waals surface area contributed by atoms with Crippen molar-refractivity contribution in [3.63, 3.8) is 0 Å². The fourth-order valence-corrected chi connectivity index (χ4v) is 3.62. The Bertz CT molecular complexity index is 668. The molecule has 2 heterocycles. The molecule has 1 aliphatic rings. The number of thioether (sulfide) groups is 1. The zero-order chi connectivity index (χ0) is 16.8. The number of para-hydroxylation sites is 1. The lowest BCUT2D eigenvalue weighted by Gasteiger charge is -2.14. The largest absolute Gasteiger partial charge is 0.486 e. The topological polar surface area (TPSA) is 60.2 Å². The Morgan fingerprint density at radius 3 is 2.67 bits per heavy atom. The number of carbonyl (C=O) groups excluding carboxylic acids is 1. The van der Waals surface area contributed by atoms with Gasteiger partial charge in [-0.2, -0.15) is 0 Å². The first-order valence-electron chi connectivity index (χ1n) is 8.28. The van der Waals surface area contributed by atoms with Gasteiger partial charge in [-0.25, -0.2) is 0 Å². The van der Waals surface area contributed by atoms with E-state index in [1.54, 1.807) is 0 Å². The third kappa shape index (κ3) is 4.08. The van der Waals surface area contributed by atoms with E-state index >= 15 is 0 Å². The zero-order valence-corrected chi connectivity index (χ0v) is 14.7. The number of nitrogens with zero attached hydrogens (tertiary/aromatic N) is 4. The first-order chi connectivity index (χ1) is 11.8. The van der Waals surface area contributed by atoms with Crippen LogP contribution in [-0.2, 0) is 17.9 Å². The van der Waals surface area contributed by atoms with Gasteiger partial charge in [0, 0.05) is 19.6 Å². The molecule has 1 fully saturated rings. The van der Waals surface area contributed by atoms with E-state index < -0.39 is 0 Å². The highest BCUT2D eigenvalue weighted by Gasteiger charge is 2.19. The van der Waals surface area contributed by atoms with E-state index in [2.05, 4.69) is 10.2 Å². The molecule has 0 saturated carbocycles. The smallest absolute Gasteiger partial charge is 0.233 e. The van der Waals surface area contributed by atoms with E-state index in [-0.39, 0.29) is 5.91 Å². The number of likely N-dealkylation sites (tertiary alicyclic amines) is 1. The first-order valence-corrected chi connectivity index (χ1v) is 9.27. The van der Waals surface area contributed by atoms with E-state index in [1.165, 1.54) is 11.8 Å². The summed E-state index contributed by atoms with van der Waals surface area (Å²) in [5.41, 5.74) is 0. The lowest BCUT2D eigenvalue weighted by atomic mass is 10.3. The number of hydrogen-bond donors (Lipinski definition) is 0. The average Bonchev–Trinajstić information content (AvgIpc) is 3.28. The molecule has 1 aliphatic heterocycles. The normalized spacial score (nSPS) is 14.1. The Hall–Kier alpha value is -2.02. The molecule has 0 spiro atoms. The molecule has 7 heteroatoms. The molecule has 1 aromatic carbocycles. The molecule has 128 valence electrons. The molecule has 0 atom stereocenters. The molecule has 1 amide bonds. The Morgan fingerprint density at radius 2 is 1.96 bits per heavy atom. The van der Waals surface area contributed by atoms with Gasteiger partial charge in [-0.3, -0.25) is 4.79 Å². The monoisotopic (exact) mass is 346 g/mol. The van der Waals surface area contributed by atoms with E-state index in [0.717, 1.165) is 49.2 Å². The molecular formula is C17H22N4O2S. The van der Waals surface area contributed by atoms with Gasteiger partial charge < -0.3 is 14.2 Å². The van der Waals surface area contributed by atoms with Crippen molar-refractivity contribution in [2.24, 2.45) is 0 Å². The maximum Gasteiger partial charge on any atom is 0.233 e. The number of aromatic nitrogens is 3. The number of hydrogen-bond acceptors (Lipinski definition) is 5. The molecule has 0 N–H and O–H groups in total. The van der Waals surface area contributed by atoms with Gasteiger partial charge in [-0.15, -0.1) is 10.2 Å². The van der Waals surface area contributed by atoms with Crippen molar-refractivity contribution in [3.8, 4) is 5.75 Å². The molecule has 24 heavy (non-hydrogen) atoms. The van der Waals surface area contributed by atoms with Crippen LogP contribution in [0.5, 0.6) is 5.75 Å². The van der Waals surface area contributed by atoms with Crippen LogP contribution in [0, 0.1) is 0 Å². The van der Waals surface area contributed by atoms with Crippen LogP contribution in [0.1, 0.15) is 25.6 Å². The summed E-state index contributed by atoms with van der Waals surface area (Å²) in [5.74, 6) is 2.18. The van der Waals surface area contributed by atoms with E-state index in [9.17, 15) is 4.79 Å². The van der Waals surface area contributed by atoms with E-state index in [1.807, 2.05) is 46.7 Å². The van der Waals surface area contributed by atoms with Crippen molar-refractivity contribution in [1.29, 1.82) is 0 Å². The van der Waals surface area contributed by atoms with Gasteiger partial charge in [0.1, 0.15) is 12.4 Å². The molecule has 0 bridgehead atoms. The van der Waals surface area contributed by atoms with Crippen molar-refractivity contribution in [2.45, 2.75) is 38.1 Å². The number of rotatable bonds is 7. The van der Waals surface area contributed by atoms with Crippen LogP contribution in [0.2, 0.25) is 0 Å². The van der Waals surface area contributed by atoms with Crippen molar-refractivity contribution in [2.75, 3.05) is 18.8 Å². The number of carbonyl (C=O) groups is 1. The molecular weight excluding hydrogens is 324 g/mol. The summed E-state index contributed by atoms with van der Waals surface area (Å²) in [5, 5.41) is 9.22. The Kier molecular flexibility index (Phi) is 5.74. The number of benzene rings is 1. The molecule has 0 unspecified atom stereocenters. The third-order valence-electron chi connectivity index (χ3n) is 4.00. The van der Waals surface area contributed by atoms with E-state index in [4.69, 9.17) is 4.74 Å². The van der Waals surface area contributed by atoms with Gasteiger partial charge in [-0.1, -0.05) is 30.0 Å². The molecule has 6 nitrogen and oxygen atoms in total. The minimum atomic E-state index is 0.185. The van der Waals surface area contributed by atoms with Crippen molar-refractivity contribution in [3.05, 3.63) is 36.2 Å². The highest BCUT2D eigenvalue weighted by atomic mass is 32.2. The van der Waals surface area contributed by atoms with Gasteiger partial charge in [0.2, 0.25) is 5.91 Å². The summed E-state index contributed by atoms with van der Waals surface area (Å²) >= 11 is 1.45. The maximum absolute atomic E-state index is 12.2. The highest BCUT2D eigenvalue weighted by molar-refractivity contribution is 7.99. The van der Waals surface area contributed by atoms with Crippen LogP contribution in [0.4, 0.5) is 0 Å². The molecule has 3 rings (SSSR count). The van der Waals surface area contributed by atoms with Gasteiger partial charge in [0.15, 0.2) is 11.0 Å². The number of amides is 1. The Balaban J connectivity index is 1.58. The van der Waals surface area contributed by atoms with Crippen LogP contribution in [0.25, 0.3) is 0 Å². The molecule has 0 aliphatic carbocycles. The second-order valence-corrected chi connectivity index (χ2v) is 6.56. The van der Waals surface area contributed by atoms with Crippen LogP contribution < -0.4 is 4.74 Å². The molecule has 1 aromatic heterocycles. The summed E-state index contributed by atoms with van der Waals surface area (Å²) < 4.78 is 7.75. The summed E-state index contributed by atoms with van der Waals surface area (Å²) in [6, 6.07) is 9.65. The van der Waals surface area contributed by atoms with Crippen molar-refractivity contribution >= 4 is 17.7 Å². The predicted molar refractivity (Wildman–Crippen MR) is 93.0 cm³/mol. The van der Waals surface area contributed by atoms with Gasteiger partial charge in [0.05, 0.1) is 5.75 Å². The molecule has 2 aromatic rings. The molecule has 0 radical (unpaired) electrons. The maximum atomic E-state index is 12.2. The second kappa shape index (κ2) is 8.19. The van der Waals surface area contributed by atoms with Crippen molar-refractivity contribution < 1.29 is 9.53 Å². The molecule has 1 saturated heterocycles. The van der Waals surface area contributed by atoms with E-state index in [0.29, 0.717) is 12.4 Å². The zero-order valence-electron chi connectivity index (χ0n) is 13.9. The fourth-order valence-electron chi connectivity index (χ4n) is 2.70. The summed E-state index contributed by atoms with van der Waals surface area (Å²) in [6.45, 7) is 4.93. The quantitative estimate of drug-likeness (QED) is 0.721. The minimum Gasteiger partial charge on any atom is -0.486 e. The Labute approximate surface area is 146 Å². The standard InChI is InChI=1S/C17H22N4O2S/c1-2-21-15(12-23-14-8-4-3-5-9-14)18-19-17(21)24-13-16(22)20-10-6-7-11-20/h3-5,8-9H,2,6-7,10-13H2,1H3. The van der Waals surface area contributed by atoms with Crippen LogP contribution in [0.15, 0.2) is 35.5 Å². The van der Waals surface area contributed by atoms with Crippen LogP contribution in [-0.4, -0.2) is 44.4 Å².